The largest absolute Gasteiger partial charge is 0.493 e. The van der Waals surface area contributed by atoms with Crippen LogP contribution < -0.4 is 31.4 Å². The number of nitrogen functional groups attached to an aromatic ring is 1. The quantitative estimate of drug-likeness (QED) is 0.205. The predicted molar refractivity (Wildman–Crippen MR) is 136 cm³/mol. The molecule has 0 saturated heterocycles. The Morgan fingerprint density at radius 3 is 2.57 bits per heavy atom. The molecule has 0 radical (unpaired) electrons. The molecule has 4 rings (SSSR count). The van der Waals surface area contributed by atoms with Crippen LogP contribution in [-0.2, 0) is 4.79 Å². The summed E-state index contributed by atoms with van der Waals surface area (Å²) >= 11 is 2.35. The van der Waals surface area contributed by atoms with Gasteiger partial charge in [-0.3, -0.25) is 19.4 Å². The lowest BCUT2D eigenvalue weighted by Gasteiger charge is -2.11. The summed E-state index contributed by atoms with van der Waals surface area (Å²) in [7, 11) is 2.93. The second-order valence-corrected chi connectivity index (χ2v) is 8.97. The van der Waals surface area contributed by atoms with Gasteiger partial charge in [0, 0.05) is 5.56 Å². The molecule has 4 aromatic rings. The SMILES string of the molecule is COc1ccc(C(=O)Nc2c(N)nc(SCC(=O)Nc3nc4ccccc4s3)[nH]c2=O)cc1OC. The van der Waals surface area contributed by atoms with Gasteiger partial charge in [-0.1, -0.05) is 35.2 Å². The van der Waals surface area contributed by atoms with Gasteiger partial charge in [0.2, 0.25) is 5.91 Å². The summed E-state index contributed by atoms with van der Waals surface area (Å²) in [6.45, 7) is 0. The number of aromatic nitrogens is 3. The molecule has 0 aliphatic carbocycles. The summed E-state index contributed by atoms with van der Waals surface area (Å²) in [5.74, 6) is -0.304. The van der Waals surface area contributed by atoms with E-state index in [-0.39, 0.29) is 33.9 Å². The number of ether oxygens (including phenoxy) is 2. The Hall–Kier alpha value is -4.10. The lowest BCUT2D eigenvalue weighted by molar-refractivity contribution is -0.113. The van der Waals surface area contributed by atoms with E-state index in [9.17, 15) is 14.4 Å². The van der Waals surface area contributed by atoms with Crippen molar-refractivity contribution >= 4 is 61.8 Å². The molecule has 0 aliphatic heterocycles. The van der Waals surface area contributed by atoms with E-state index in [1.54, 1.807) is 6.07 Å². The minimum Gasteiger partial charge on any atom is -0.493 e. The Labute approximate surface area is 207 Å². The highest BCUT2D eigenvalue weighted by Gasteiger charge is 2.17. The molecule has 2 aromatic carbocycles. The van der Waals surface area contributed by atoms with E-state index in [0.29, 0.717) is 16.6 Å². The van der Waals surface area contributed by atoms with Gasteiger partial charge < -0.3 is 25.8 Å². The van der Waals surface area contributed by atoms with Crippen molar-refractivity contribution in [3.05, 3.63) is 58.4 Å². The average molecular weight is 513 g/mol. The van der Waals surface area contributed by atoms with Crippen molar-refractivity contribution in [1.82, 2.24) is 15.0 Å². The fourth-order valence-corrected chi connectivity index (χ4v) is 4.59. The minimum atomic E-state index is -0.652. The minimum absolute atomic E-state index is 0.0321. The van der Waals surface area contributed by atoms with E-state index in [4.69, 9.17) is 15.2 Å². The molecule has 0 spiro atoms. The van der Waals surface area contributed by atoms with Crippen molar-refractivity contribution in [1.29, 1.82) is 0 Å². The number of thioether (sulfide) groups is 1. The number of para-hydroxylation sites is 1. The summed E-state index contributed by atoms with van der Waals surface area (Å²) in [4.78, 5) is 48.4. The van der Waals surface area contributed by atoms with Crippen LogP contribution >= 0.6 is 23.1 Å². The maximum Gasteiger partial charge on any atom is 0.277 e. The van der Waals surface area contributed by atoms with Gasteiger partial charge in [0.15, 0.2) is 27.6 Å². The summed E-state index contributed by atoms with van der Waals surface area (Å²) in [6, 6.07) is 12.1. The van der Waals surface area contributed by atoms with Gasteiger partial charge in [0.05, 0.1) is 30.2 Å². The standard InChI is InChI=1S/C22H20N6O5S2/c1-32-13-8-7-11(9-14(13)33-2)19(30)26-17-18(23)27-21(28-20(17)31)34-10-16(29)25-22-24-12-5-3-4-6-15(12)35-22/h3-9H,10H2,1-2H3,(H,26,30)(H,24,25,29)(H3,23,27,28,31). The van der Waals surface area contributed by atoms with Crippen LogP contribution in [0, 0.1) is 0 Å². The van der Waals surface area contributed by atoms with Gasteiger partial charge in [-0.15, -0.1) is 0 Å². The van der Waals surface area contributed by atoms with E-state index < -0.39 is 11.5 Å². The number of carbonyl (C=O) groups is 2. The van der Waals surface area contributed by atoms with Gasteiger partial charge in [0.1, 0.15) is 5.69 Å². The van der Waals surface area contributed by atoms with E-state index >= 15 is 0 Å². The molecule has 13 heteroatoms. The smallest absolute Gasteiger partial charge is 0.277 e. The van der Waals surface area contributed by atoms with Crippen LogP contribution in [0.15, 0.2) is 52.4 Å². The zero-order valence-corrected chi connectivity index (χ0v) is 20.2. The van der Waals surface area contributed by atoms with Gasteiger partial charge in [-0.2, -0.15) is 0 Å². The van der Waals surface area contributed by atoms with Crippen LogP contribution in [0.1, 0.15) is 10.4 Å². The summed E-state index contributed by atoms with van der Waals surface area (Å²) in [6.07, 6.45) is 0. The van der Waals surface area contributed by atoms with Crippen molar-refractivity contribution in [2.75, 3.05) is 36.3 Å². The number of thiazole rings is 1. The number of nitrogens with two attached hydrogens (primary N) is 1. The van der Waals surface area contributed by atoms with E-state index in [1.165, 1.54) is 37.7 Å². The molecular formula is C22H20N6O5S2. The molecule has 0 atom stereocenters. The number of carbonyl (C=O) groups excluding carboxylic acids is 2. The zero-order chi connectivity index (χ0) is 24.9. The number of nitrogens with zero attached hydrogens (tertiary/aromatic N) is 2. The molecule has 2 heterocycles. The third-order valence-electron chi connectivity index (χ3n) is 4.69. The van der Waals surface area contributed by atoms with Crippen LogP contribution in [0.25, 0.3) is 10.2 Å². The van der Waals surface area contributed by atoms with Gasteiger partial charge in [-0.05, 0) is 30.3 Å². The fourth-order valence-electron chi connectivity index (χ4n) is 3.04. The Morgan fingerprint density at radius 1 is 1.09 bits per heavy atom. The number of benzene rings is 2. The number of anilines is 3. The third-order valence-corrected chi connectivity index (χ3v) is 6.52. The molecule has 0 fully saturated rings. The van der Waals surface area contributed by atoms with E-state index in [2.05, 4.69) is 25.6 Å². The van der Waals surface area contributed by atoms with Gasteiger partial charge >= 0.3 is 0 Å². The number of methoxy groups -OCH3 is 2. The van der Waals surface area contributed by atoms with Crippen LogP contribution in [0.5, 0.6) is 11.5 Å². The van der Waals surface area contributed by atoms with E-state index in [0.717, 1.165) is 22.0 Å². The molecule has 180 valence electrons. The molecule has 11 nitrogen and oxygen atoms in total. The van der Waals surface area contributed by atoms with Crippen LogP contribution in [0.3, 0.4) is 0 Å². The lowest BCUT2D eigenvalue weighted by Crippen LogP contribution is -2.23. The van der Waals surface area contributed by atoms with E-state index in [1.807, 2.05) is 24.3 Å². The molecule has 0 unspecified atom stereocenters. The number of hydrogen-bond acceptors (Lipinski definition) is 10. The van der Waals surface area contributed by atoms with Gasteiger partial charge in [0.25, 0.3) is 11.5 Å². The second-order valence-electron chi connectivity index (χ2n) is 6.98. The average Bonchev–Trinajstić information content (AvgIpc) is 3.26. The highest BCUT2D eigenvalue weighted by Crippen LogP contribution is 2.28. The number of H-pyrrole nitrogens is 1. The van der Waals surface area contributed by atoms with Crippen molar-refractivity contribution in [2.45, 2.75) is 5.16 Å². The molecule has 2 amide bonds. The highest BCUT2D eigenvalue weighted by atomic mass is 32.2. The Bertz CT molecular complexity index is 1440. The first-order chi connectivity index (χ1) is 16.9. The highest BCUT2D eigenvalue weighted by molar-refractivity contribution is 7.99. The van der Waals surface area contributed by atoms with Crippen LogP contribution in [-0.4, -0.2) is 46.7 Å². The predicted octanol–water partition coefficient (Wildman–Crippen LogP) is 2.96. The molecule has 0 bridgehead atoms. The normalized spacial score (nSPS) is 10.7. The van der Waals surface area contributed by atoms with Crippen molar-refractivity contribution in [2.24, 2.45) is 0 Å². The topological polar surface area (TPSA) is 161 Å². The zero-order valence-electron chi connectivity index (χ0n) is 18.6. The Morgan fingerprint density at radius 2 is 1.86 bits per heavy atom. The first-order valence-corrected chi connectivity index (χ1v) is 11.9. The molecule has 0 aliphatic rings. The number of nitrogens with one attached hydrogen (secondary N) is 3. The maximum absolute atomic E-state index is 12.6. The summed E-state index contributed by atoms with van der Waals surface area (Å²) in [5, 5.41) is 5.80. The van der Waals surface area contributed by atoms with Gasteiger partial charge in [-0.25, -0.2) is 9.97 Å². The van der Waals surface area contributed by atoms with Crippen molar-refractivity contribution in [3.8, 4) is 11.5 Å². The third kappa shape index (κ3) is 5.53. The number of hydrogen-bond donors (Lipinski definition) is 4. The lowest BCUT2D eigenvalue weighted by atomic mass is 10.2. The van der Waals surface area contributed by atoms with Crippen LogP contribution in [0.2, 0.25) is 0 Å². The number of aromatic amines is 1. The molecule has 2 aromatic heterocycles. The van der Waals surface area contributed by atoms with Crippen LogP contribution in [0.4, 0.5) is 16.6 Å². The number of rotatable bonds is 8. The van der Waals surface area contributed by atoms with Crippen molar-refractivity contribution < 1.29 is 19.1 Å². The number of amides is 2. The molecule has 35 heavy (non-hydrogen) atoms. The Balaban J connectivity index is 1.40. The molecule has 5 N–H and O–H groups in total. The maximum atomic E-state index is 12.6. The monoisotopic (exact) mass is 512 g/mol. The first kappa shape index (κ1) is 24.0. The summed E-state index contributed by atoms with van der Waals surface area (Å²) < 4.78 is 11.3. The number of fused-ring (bicyclic) bond motifs is 1. The van der Waals surface area contributed by atoms with Crippen molar-refractivity contribution in [3.63, 3.8) is 0 Å². The molecule has 0 saturated carbocycles. The summed E-state index contributed by atoms with van der Waals surface area (Å²) in [5.41, 5.74) is 6.08. The first-order valence-electron chi connectivity index (χ1n) is 10.1. The second kappa shape index (κ2) is 10.4. The molecular weight excluding hydrogens is 492 g/mol. The Kier molecular flexibility index (Phi) is 7.17. The fraction of sp³-hybridized carbons (Fsp3) is 0.136.